The number of carbonyl (C=O) groups excluding carboxylic acids is 1. The van der Waals surface area contributed by atoms with Crippen LogP contribution in [0.4, 0.5) is 14.9 Å². The first kappa shape index (κ1) is 16.7. The molecule has 1 amide bonds. The largest absolute Gasteiger partial charge is 0.494 e. The summed E-state index contributed by atoms with van der Waals surface area (Å²) < 4.78 is 23.6. The normalized spacial score (nSPS) is 11.0. The van der Waals surface area contributed by atoms with Crippen molar-refractivity contribution >= 4 is 11.8 Å². The average Bonchev–Trinajstić information content (AvgIpc) is 2.46. The van der Waals surface area contributed by atoms with E-state index in [1.807, 2.05) is 0 Å². The molecule has 2 aromatic rings. The summed E-state index contributed by atoms with van der Waals surface area (Å²) in [7, 11) is 1.49. The van der Waals surface area contributed by atoms with Gasteiger partial charge in [0.25, 0.3) is 0 Å². The zero-order chi connectivity index (χ0) is 17.0. The van der Waals surface area contributed by atoms with Crippen LogP contribution in [0.25, 0.3) is 11.3 Å². The molecule has 0 unspecified atom stereocenters. The van der Waals surface area contributed by atoms with Gasteiger partial charge in [-0.3, -0.25) is 10.3 Å². The van der Waals surface area contributed by atoms with E-state index in [9.17, 15) is 9.18 Å². The molecule has 23 heavy (non-hydrogen) atoms. The molecule has 0 aliphatic rings. The third-order valence-corrected chi connectivity index (χ3v) is 2.86. The molecule has 1 aromatic heterocycles. The Morgan fingerprint density at radius 2 is 1.96 bits per heavy atom. The molecule has 1 aromatic carbocycles. The van der Waals surface area contributed by atoms with E-state index in [4.69, 9.17) is 9.47 Å². The second-order valence-corrected chi connectivity index (χ2v) is 5.87. The monoisotopic (exact) mass is 318 g/mol. The predicted octanol–water partition coefficient (Wildman–Crippen LogP) is 4.24. The van der Waals surface area contributed by atoms with E-state index in [0.717, 1.165) is 6.20 Å². The van der Waals surface area contributed by atoms with Crippen LogP contribution in [0.5, 0.6) is 5.75 Å². The number of aromatic nitrogens is 1. The fourth-order valence-corrected chi connectivity index (χ4v) is 2.01. The van der Waals surface area contributed by atoms with Crippen LogP contribution in [0.1, 0.15) is 20.8 Å². The van der Waals surface area contributed by atoms with Crippen LogP contribution in [0.15, 0.2) is 36.5 Å². The number of nitrogens with zero attached hydrogens (tertiary/aromatic N) is 1. The number of amides is 1. The van der Waals surface area contributed by atoms with E-state index in [2.05, 4.69) is 10.3 Å². The van der Waals surface area contributed by atoms with Crippen molar-refractivity contribution in [3.05, 3.63) is 42.3 Å². The molecule has 0 atom stereocenters. The Labute approximate surface area is 134 Å². The van der Waals surface area contributed by atoms with E-state index in [0.29, 0.717) is 22.7 Å². The Bertz CT molecular complexity index is 694. The van der Waals surface area contributed by atoms with Gasteiger partial charge in [0, 0.05) is 5.56 Å². The number of para-hydroxylation sites is 1. The van der Waals surface area contributed by atoms with Crippen molar-refractivity contribution in [2.45, 2.75) is 26.4 Å². The van der Waals surface area contributed by atoms with Gasteiger partial charge in [0.15, 0.2) is 5.75 Å². The molecule has 1 heterocycles. The van der Waals surface area contributed by atoms with Gasteiger partial charge in [0.1, 0.15) is 11.4 Å². The van der Waals surface area contributed by atoms with E-state index >= 15 is 0 Å². The maximum Gasteiger partial charge on any atom is 0.412 e. The zero-order valence-electron chi connectivity index (χ0n) is 13.5. The van der Waals surface area contributed by atoms with Gasteiger partial charge < -0.3 is 9.47 Å². The number of methoxy groups -OCH3 is 1. The summed E-state index contributed by atoms with van der Waals surface area (Å²) in [5, 5.41) is 2.65. The van der Waals surface area contributed by atoms with E-state index in [1.54, 1.807) is 45.0 Å². The molecule has 0 saturated carbocycles. The summed E-state index contributed by atoms with van der Waals surface area (Å²) >= 11 is 0. The molecule has 1 N–H and O–H groups in total. The van der Waals surface area contributed by atoms with E-state index in [-0.39, 0.29) is 0 Å². The molecule has 5 nitrogen and oxygen atoms in total. The summed E-state index contributed by atoms with van der Waals surface area (Å²) in [6.45, 7) is 5.34. The minimum absolute atomic E-state index is 0.421. The van der Waals surface area contributed by atoms with Crippen molar-refractivity contribution in [1.29, 1.82) is 0 Å². The Kier molecular flexibility index (Phi) is 4.83. The maximum absolute atomic E-state index is 13.0. The molecule has 0 radical (unpaired) electrons. The molecular weight excluding hydrogens is 299 g/mol. The van der Waals surface area contributed by atoms with Crippen LogP contribution in [0.2, 0.25) is 0 Å². The number of anilines is 1. The van der Waals surface area contributed by atoms with Crippen LogP contribution in [0.3, 0.4) is 0 Å². The number of carbonyl (C=O) groups is 1. The van der Waals surface area contributed by atoms with Gasteiger partial charge in [-0.05, 0) is 45.0 Å². The van der Waals surface area contributed by atoms with E-state index < -0.39 is 17.5 Å². The first-order valence-electron chi connectivity index (χ1n) is 7.09. The van der Waals surface area contributed by atoms with Gasteiger partial charge in [-0.2, -0.15) is 0 Å². The smallest absolute Gasteiger partial charge is 0.412 e. The highest BCUT2D eigenvalue weighted by Gasteiger charge is 2.19. The number of benzene rings is 1. The number of halogens is 1. The van der Waals surface area contributed by atoms with Crippen molar-refractivity contribution < 1.29 is 18.7 Å². The highest BCUT2D eigenvalue weighted by molar-refractivity contribution is 5.90. The van der Waals surface area contributed by atoms with Gasteiger partial charge in [0.2, 0.25) is 0 Å². The topological polar surface area (TPSA) is 60.5 Å². The van der Waals surface area contributed by atoms with E-state index in [1.165, 1.54) is 13.2 Å². The SMILES string of the molecule is COc1c(NC(=O)OC(C)(C)C)cccc1-c1ccc(F)cn1. The highest BCUT2D eigenvalue weighted by atomic mass is 19.1. The lowest BCUT2D eigenvalue weighted by molar-refractivity contribution is 0.0635. The fourth-order valence-electron chi connectivity index (χ4n) is 2.01. The molecule has 0 saturated heterocycles. The van der Waals surface area contributed by atoms with Crippen molar-refractivity contribution in [2.24, 2.45) is 0 Å². The second-order valence-electron chi connectivity index (χ2n) is 5.87. The third-order valence-electron chi connectivity index (χ3n) is 2.86. The van der Waals surface area contributed by atoms with Crippen LogP contribution in [-0.2, 0) is 4.74 Å². The molecule has 0 spiro atoms. The Hall–Kier alpha value is -2.63. The van der Waals surface area contributed by atoms with Gasteiger partial charge >= 0.3 is 6.09 Å². The molecule has 122 valence electrons. The lowest BCUT2D eigenvalue weighted by Crippen LogP contribution is -2.27. The Balaban J connectivity index is 2.33. The molecule has 2 rings (SSSR count). The molecule has 6 heteroatoms. The van der Waals surface area contributed by atoms with Crippen molar-refractivity contribution in [2.75, 3.05) is 12.4 Å². The molecule has 0 bridgehead atoms. The van der Waals surface area contributed by atoms with Crippen LogP contribution in [0, 0.1) is 5.82 Å². The standard InChI is InChI=1S/C17H19FN2O3/c1-17(2,3)23-16(21)20-14-7-5-6-12(15(14)22-4)13-9-8-11(18)10-19-13/h5-10H,1-4H3,(H,20,21). The summed E-state index contributed by atoms with van der Waals surface area (Å²) in [4.78, 5) is 16.0. The summed E-state index contributed by atoms with van der Waals surface area (Å²) in [5.41, 5.74) is 1.02. The molecule has 0 fully saturated rings. The number of hydrogen-bond donors (Lipinski definition) is 1. The van der Waals surface area contributed by atoms with Crippen LogP contribution >= 0.6 is 0 Å². The lowest BCUT2D eigenvalue weighted by atomic mass is 10.1. The zero-order valence-corrected chi connectivity index (χ0v) is 13.5. The van der Waals surface area contributed by atoms with Crippen molar-refractivity contribution in [3.63, 3.8) is 0 Å². The average molecular weight is 318 g/mol. The number of nitrogens with one attached hydrogen (secondary N) is 1. The number of pyridine rings is 1. The molecule has 0 aliphatic heterocycles. The predicted molar refractivity (Wildman–Crippen MR) is 86.0 cm³/mol. The Morgan fingerprint density at radius 3 is 2.52 bits per heavy atom. The second kappa shape index (κ2) is 6.64. The van der Waals surface area contributed by atoms with Crippen molar-refractivity contribution in [3.8, 4) is 17.0 Å². The highest BCUT2D eigenvalue weighted by Crippen LogP contribution is 2.35. The molecular formula is C17H19FN2O3. The van der Waals surface area contributed by atoms with Crippen LogP contribution in [-0.4, -0.2) is 23.8 Å². The Morgan fingerprint density at radius 1 is 1.22 bits per heavy atom. The summed E-state index contributed by atoms with van der Waals surface area (Å²) in [6, 6.07) is 8.07. The van der Waals surface area contributed by atoms with Gasteiger partial charge in [-0.1, -0.05) is 6.07 Å². The first-order valence-corrected chi connectivity index (χ1v) is 7.09. The first-order chi connectivity index (χ1) is 10.8. The van der Waals surface area contributed by atoms with Gasteiger partial charge in [-0.15, -0.1) is 0 Å². The number of rotatable bonds is 3. The van der Waals surface area contributed by atoms with Gasteiger partial charge in [0.05, 0.1) is 24.7 Å². The fraction of sp³-hybridized carbons (Fsp3) is 0.294. The summed E-state index contributed by atoms with van der Waals surface area (Å²) in [6.07, 6.45) is 0.544. The summed E-state index contributed by atoms with van der Waals surface area (Å²) in [5.74, 6) is 0.00761. The number of ether oxygens (including phenoxy) is 2. The molecule has 0 aliphatic carbocycles. The van der Waals surface area contributed by atoms with Crippen molar-refractivity contribution in [1.82, 2.24) is 4.98 Å². The van der Waals surface area contributed by atoms with Crippen LogP contribution < -0.4 is 10.1 Å². The quantitative estimate of drug-likeness (QED) is 0.919. The minimum atomic E-state index is -0.604. The lowest BCUT2D eigenvalue weighted by Gasteiger charge is -2.20. The minimum Gasteiger partial charge on any atom is -0.494 e. The maximum atomic E-state index is 13.0. The third kappa shape index (κ3) is 4.42. The van der Waals surface area contributed by atoms with Gasteiger partial charge in [-0.25, -0.2) is 9.18 Å². The number of hydrogen-bond acceptors (Lipinski definition) is 4.